The molecule has 1 aliphatic rings. The van der Waals surface area contributed by atoms with Gasteiger partial charge in [0.05, 0.1) is 42.2 Å². The van der Waals surface area contributed by atoms with Gasteiger partial charge in [0.1, 0.15) is 5.82 Å². The average Bonchev–Trinajstić information content (AvgIpc) is 3.53. The van der Waals surface area contributed by atoms with Crippen molar-refractivity contribution in [3.63, 3.8) is 0 Å². The molecule has 45 heavy (non-hydrogen) atoms. The Balaban J connectivity index is 1.52. The third kappa shape index (κ3) is 5.69. The van der Waals surface area contributed by atoms with Crippen molar-refractivity contribution in [3.8, 4) is 11.5 Å². The zero-order valence-corrected chi connectivity index (χ0v) is 26.2. The Morgan fingerprint density at radius 3 is 2.56 bits per heavy atom. The van der Waals surface area contributed by atoms with Gasteiger partial charge < -0.3 is 18.8 Å². The lowest BCUT2D eigenvalue weighted by atomic mass is 9.95. The number of para-hydroxylation sites is 1. The van der Waals surface area contributed by atoms with E-state index in [1.54, 1.807) is 49.8 Å². The predicted molar refractivity (Wildman–Crippen MR) is 172 cm³/mol. The van der Waals surface area contributed by atoms with E-state index in [0.717, 1.165) is 22.0 Å². The fourth-order valence-corrected chi connectivity index (χ4v) is 6.72. The minimum Gasteiger partial charge on any atom is -0.493 e. The molecule has 0 N–H and O–H groups in total. The van der Waals surface area contributed by atoms with Crippen LogP contribution in [-0.2, 0) is 16.1 Å². The van der Waals surface area contributed by atoms with Crippen LogP contribution in [0.2, 0.25) is 0 Å². The van der Waals surface area contributed by atoms with Crippen molar-refractivity contribution >= 4 is 34.3 Å². The zero-order chi connectivity index (χ0) is 31.7. The van der Waals surface area contributed by atoms with Gasteiger partial charge in [-0.3, -0.25) is 9.36 Å². The van der Waals surface area contributed by atoms with Crippen molar-refractivity contribution in [2.75, 3.05) is 20.3 Å². The first-order chi connectivity index (χ1) is 21.8. The smallest absolute Gasteiger partial charge is 0.338 e. The average molecular weight is 626 g/mol. The molecule has 1 atom stereocenters. The summed E-state index contributed by atoms with van der Waals surface area (Å²) in [5.41, 5.74) is 3.97. The van der Waals surface area contributed by atoms with Gasteiger partial charge in [0, 0.05) is 29.2 Å². The lowest BCUT2D eigenvalue weighted by molar-refractivity contribution is -0.139. The van der Waals surface area contributed by atoms with E-state index < -0.39 is 12.0 Å². The standard InChI is InChI=1S/C35H32FN3O5S/c1-5-43-29-17-23(13-16-28(29)42-4)32-31(34(41)44-6-2)21(3)37-35-39(32)33(40)30(45-35)18-24-20-38(27-10-8-7-9-26(24)27)19-22-11-14-25(36)15-12-22/h7-18,20,32H,5-6,19H2,1-4H3/b30-18+/t32-/m1/s1. The Morgan fingerprint density at radius 1 is 1.04 bits per heavy atom. The van der Waals surface area contributed by atoms with Crippen molar-refractivity contribution in [2.45, 2.75) is 33.4 Å². The molecular formula is C35H32FN3O5S. The number of aromatic nitrogens is 2. The lowest BCUT2D eigenvalue weighted by Gasteiger charge is -2.25. The first kappa shape index (κ1) is 30.1. The highest BCUT2D eigenvalue weighted by Gasteiger charge is 2.34. The molecule has 0 bridgehead atoms. The number of hydrogen-bond donors (Lipinski definition) is 0. The minimum absolute atomic E-state index is 0.182. The van der Waals surface area contributed by atoms with Crippen LogP contribution in [0.1, 0.15) is 43.5 Å². The monoisotopic (exact) mass is 625 g/mol. The van der Waals surface area contributed by atoms with Crippen LogP contribution in [0.25, 0.3) is 17.0 Å². The van der Waals surface area contributed by atoms with Gasteiger partial charge in [-0.2, -0.15) is 0 Å². The largest absolute Gasteiger partial charge is 0.493 e. The number of methoxy groups -OCH3 is 1. The normalized spacial score (nSPS) is 14.8. The van der Waals surface area contributed by atoms with E-state index in [-0.39, 0.29) is 18.0 Å². The molecule has 5 aromatic rings. The molecule has 0 radical (unpaired) electrons. The number of benzene rings is 3. The van der Waals surface area contributed by atoms with E-state index in [2.05, 4.69) is 4.57 Å². The van der Waals surface area contributed by atoms with Crippen LogP contribution in [0, 0.1) is 5.82 Å². The second-order valence-corrected chi connectivity index (χ2v) is 11.5. The van der Waals surface area contributed by atoms with Crippen LogP contribution in [0.15, 0.2) is 94.0 Å². The second-order valence-electron chi connectivity index (χ2n) is 10.5. The maximum Gasteiger partial charge on any atom is 0.338 e. The van der Waals surface area contributed by atoms with Crippen molar-refractivity contribution in [2.24, 2.45) is 4.99 Å². The Bertz CT molecular complexity index is 2130. The van der Waals surface area contributed by atoms with Crippen LogP contribution >= 0.6 is 11.3 Å². The van der Waals surface area contributed by atoms with Crippen molar-refractivity contribution in [1.29, 1.82) is 0 Å². The fraction of sp³-hybridized carbons (Fsp3) is 0.229. The van der Waals surface area contributed by atoms with E-state index in [1.165, 1.54) is 23.5 Å². The summed E-state index contributed by atoms with van der Waals surface area (Å²) < 4.78 is 34.4. The molecule has 0 unspecified atom stereocenters. The number of hydrogen-bond acceptors (Lipinski definition) is 7. The molecule has 3 aromatic carbocycles. The van der Waals surface area contributed by atoms with E-state index in [1.807, 2.05) is 49.5 Å². The number of ether oxygens (including phenoxy) is 3. The highest BCUT2D eigenvalue weighted by molar-refractivity contribution is 7.07. The van der Waals surface area contributed by atoms with Crippen molar-refractivity contribution in [3.05, 3.63) is 126 Å². The lowest BCUT2D eigenvalue weighted by Crippen LogP contribution is -2.40. The Labute approximate surface area is 262 Å². The number of rotatable bonds is 9. The zero-order valence-electron chi connectivity index (χ0n) is 25.4. The number of halogens is 1. The molecule has 1 aliphatic heterocycles. The number of allylic oxidation sites excluding steroid dienone is 1. The third-order valence-corrected chi connectivity index (χ3v) is 8.68. The van der Waals surface area contributed by atoms with Gasteiger partial charge in [0.25, 0.3) is 5.56 Å². The first-order valence-corrected chi connectivity index (χ1v) is 15.5. The Kier molecular flexibility index (Phi) is 8.40. The molecule has 2 aromatic heterocycles. The van der Waals surface area contributed by atoms with Gasteiger partial charge in [-0.1, -0.05) is 47.7 Å². The maximum atomic E-state index is 14.2. The first-order valence-electron chi connectivity index (χ1n) is 14.7. The molecule has 0 saturated heterocycles. The van der Waals surface area contributed by atoms with Crippen LogP contribution in [0.5, 0.6) is 11.5 Å². The van der Waals surface area contributed by atoms with E-state index in [0.29, 0.717) is 50.8 Å². The Morgan fingerprint density at radius 2 is 1.82 bits per heavy atom. The quantitative estimate of drug-likeness (QED) is 0.206. The minimum atomic E-state index is -0.785. The molecule has 8 nitrogen and oxygen atoms in total. The summed E-state index contributed by atoms with van der Waals surface area (Å²) in [5, 5.41) is 0.974. The molecule has 0 saturated carbocycles. The van der Waals surface area contributed by atoms with E-state index in [4.69, 9.17) is 19.2 Å². The van der Waals surface area contributed by atoms with Gasteiger partial charge >= 0.3 is 5.97 Å². The summed E-state index contributed by atoms with van der Waals surface area (Å²) in [4.78, 5) is 32.7. The molecule has 230 valence electrons. The predicted octanol–water partition coefficient (Wildman–Crippen LogP) is 5.35. The Hall–Kier alpha value is -4.96. The van der Waals surface area contributed by atoms with E-state index in [9.17, 15) is 14.0 Å². The fourth-order valence-electron chi connectivity index (χ4n) is 5.69. The maximum absolute atomic E-state index is 14.2. The molecular weight excluding hydrogens is 593 g/mol. The van der Waals surface area contributed by atoms with Crippen molar-refractivity contribution in [1.82, 2.24) is 9.13 Å². The van der Waals surface area contributed by atoms with Gasteiger partial charge in [-0.15, -0.1) is 0 Å². The summed E-state index contributed by atoms with van der Waals surface area (Å²) in [6.07, 6.45) is 3.87. The summed E-state index contributed by atoms with van der Waals surface area (Å²) in [6.45, 7) is 6.51. The molecule has 0 amide bonds. The van der Waals surface area contributed by atoms with Crippen LogP contribution < -0.4 is 24.4 Å². The summed E-state index contributed by atoms with van der Waals surface area (Å²) in [5.74, 6) is 0.237. The van der Waals surface area contributed by atoms with Gasteiger partial charge in [-0.25, -0.2) is 14.2 Å². The number of nitrogens with zero attached hydrogens (tertiary/aromatic N) is 3. The van der Waals surface area contributed by atoms with Gasteiger partial charge in [-0.05, 0) is 68.3 Å². The molecule has 0 aliphatic carbocycles. The number of fused-ring (bicyclic) bond motifs is 2. The number of carbonyl (C=O) groups is 1. The van der Waals surface area contributed by atoms with E-state index >= 15 is 0 Å². The summed E-state index contributed by atoms with van der Waals surface area (Å²) in [7, 11) is 1.56. The molecule has 10 heteroatoms. The SMILES string of the molecule is CCOC(=O)C1=C(C)N=c2s/c(=C/c3cn(Cc4ccc(F)cc4)c4ccccc34)c(=O)n2[C@@H]1c1ccc(OC)c(OCC)c1. The molecule has 3 heterocycles. The van der Waals surface area contributed by atoms with Gasteiger partial charge in [0.2, 0.25) is 0 Å². The highest BCUT2D eigenvalue weighted by Crippen LogP contribution is 2.36. The second kappa shape index (κ2) is 12.6. The molecule has 6 rings (SSSR count). The summed E-state index contributed by atoms with van der Waals surface area (Å²) in [6, 6.07) is 19.0. The number of carbonyl (C=O) groups excluding carboxylic acids is 1. The highest BCUT2D eigenvalue weighted by atomic mass is 32.1. The van der Waals surface area contributed by atoms with Gasteiger partial charge in [0.15, 0.2) is 16.3 Å². The summed E-state index contributed by atoms with van der Waals surface area (Å²) >= 11 is 1.27. The van der Waals surface area contributed by atoms with Crippen LogP contribution in [-0.4, -0.2) is 35.4 Å². The van der Waals surface area contributed by atoms with Crippen molar-refractivity contribution < 1.29 is 23.4 Å². The number of thiazole rings is 1. The molecule has 0 spiro atoms. The topological polar surface area (TPSA) is 84.1 Å². The third-order valence-electron chi connectivity index (χ3n) is 7.69. The molecule has 0 fully saturated rings. The number of esters is 1. The van der Waals surface area contributed by atoms with Crippen LogP contribution in [0.3, 0.4) is 0 Å². The van der Waals surface area contributed by atoms with Crippen LogP contribution in [0.4, 0.5) is 4.39 Å².